The molecule has 0 spiro atoms. The maximum atomic E-state index is 4.41. The molecule has 3 nitrogen and oxygen atoms in total. The van der Waals surface area contributed by atoms with Crippen molar-refractivity contribution in [1.82, 2.24) is 5.48 Å². The average Bonchev–Trinajstić information content (AvgIpc) is 1.96. The molecule has 0 amide bonds. The summed E-state index contributed by atoms with van der Waals surface area (Å²) in [7, 11) is 0. The molecule has 1 unspecified atom stereocenters. The fourth-order valence-electron chi connectivity index (χ4n) is 0.776. The van der Waals surface area contributed by atoms with E-state index in [0.29, 0.717) is 11.3 Å². The molecule has 1 atom stereocenters. The molecule has 0 aromatic carbocycles. The van der Waals surface area contributed by atoms with Crippen molar-refractivity contribution in [2.24, 2.45) is 11.3 Å². The van der Waals surface area contributed by atoms with Gasteiger partial charge in [0.05, 0.1) is 0 Å². The first-order chi connectivity index (χ1) is 5.48. The van der Waals surface area contributed by atoms with Crippen LogP contribution in [-0.2, 0) is 9.32 Å². The second-order valence-electron chi connectivity index (χ2n) is 4.11. The molecule has 12 heavy (non-hydrogen) atoms. The van der Waals surface area contributed by atoms with E-state index in [9.17, 15) is 0 Å². The summed E-state index contributed by atoms with van der Waals surface area (Å²) >= 11 is 3.42. The molecule has 0 fully saturated rings. The third-order valence-electron chi connectivity index (χ3n) is 2.25. The molecule has 0 rings (SSSR count). The van der Waals surface area contributed by atoms with Crippen LogP contribution >= 0.6 is 12.9 Å². The Hall–Kier alpha value is 0.230. The molecule has 0 radical (unpaired) electrons. The number of nitrogens with one attached hydrogen (secondary N) is 1. The van der Waals surface area contributed by atoms with Gasteiger partial charge in [-0.05, 0) is 17.8 Å². The zero-order valence-electron chi connectivity index (χ0n) is 8.26. The summed E-state index contributed by atoms with van der Waals surface area (Å²) in [5, 5.41) is 0. The van der Waals surface area contributed by atoms with E-state index in [1.54, 1.807) is 0 Å². The fraction of sp³-hybridized carbons (Fsp3) is 1.00. The van der Waals surface area contributed by atoms with E-state index in [0.717, 1.165) is 13.0 Å². The lowest BCUT2D eigenvalue weighted by molar-refractivity contribution is -0.242. The number of rotatable bonds is 5. The molecular formula is C8H19NO2S. The van der Waals surface area contributed by atoms with Crippen LogP contribution in [0.5, 0.6) is 0 Å². The minimum Gasteiger partial charge on any atom is -0.169 e. The number of hydroxylamine groups is 1. The van der Waals surface area contributed by atoms with E-state index in [-0.39, 0.29) is 0 Å². The molecule has 0 saturated carbocycles. The predicted molar refractivity (Wildman–Crippen MR) is 52.4 cm³/mol. The van der Waals surface area contributed by atoms with Crippen LogP contribution in [0.25, 0.3) is 0 Å². The molecule has 0 aromatic heterocycles. The van der Waals surface area contributed by atoms with Gasteiger partial charge in [-0.15, -0.1) is 9.32 Å². The second-order valence-corrected chi connectivity index (χ2v) is 4.26. The smallest absolute Gasteiger partial charge is 0.0243 e. The molecule has 4 heteroatoms. The van der Waals surface area contributed by atoms with Gasteiger partial charge in [-0.1, -0.05) is 27.7 Å². The summed E-state index contributed by atoms with van der Waals surface area (Å²) in [6.45, 7) is 9.69. The van der Waals surface area contributed by atoms with Crippen LogP contribution in [0.1, 0.15) is 34.1 Å². The first-order valence-corrected chi connectivity index (χ1v) is 4.55. The highest BCUT2D eigenvalue weighted by Gasteiger charge is 2.18. The van der Waals surface area contributed by atoms with Crippen molar-refractivity contribution in [3.05, 3.63) is 0 Å². The van der Waals surface area contributed by atoms with Crippen molar-refractivity contribution in [3.63, 3.8) is 0 Å². The van der Waals surface area contributed by atoms with E-state index in [2.05, 4.69) is 55.4 Å². The Kier molecular flexibility index (Phi) is 5.92. The molecule has 0 aliphatic carbocycles. The third kappa shape index (κ3) is 5.83. The minimum atomic E-state index is 0.351. The zero-order chi connectivity index (χ0) is 9.61. The summed E-state index contributed by atoms with van der Waals surface area (Å²) in [4.78, 5) is 4.41. The highest BCUT2D eigenvalue weighted by Crippen LogP contribution is 2.27. The maximum Gasteiger partial charge on any atom is 0.0243 e. The largest absolute Gasteiger partial charge is 0.169 e. The van der Waals surface area contributed by atoms with E-state index in [1.165, 1.54) is 0 Å². The Morgan fingerprint density at radius 3 is 2.42 bits per heavy atom. The quantitative estimate of drug-likeness (QED) is 0.231. The molecule has 74 valence electrons. The molecule has 0 heterocycles. The second kappa shape index (κ2) is 5.80. The van der Waals surface area contributed by atoms with Crippen LogP contribution in [-0.4, -0.2) is 6.54 Å². The summed E-state index contributed by atoms with van der Waals surface area (Å²) in [5.41, 5.74) is 2.99. The minimum absolute atomic E-state index is 0.351. The van der Waals surface area contributed by atoms with Gasteiger partial charge in [-0.3, -0.25) is 0 Å². The third-order valence-corrected chi connectivity index (χ3v) is 2.33. The lowest BCUT2D eigenvalue weighted by Crippen LogP contribution is -2.23. The van der Waals surface area contributed by atoms with Gasteiger partial charge in [0, 0.05) is 19.5 Å². The van der Waals surface area contributed by atoms with E-state index < -0.39 is 0 Å². The average molecular weight is 193 g/mol. The van der Waals surface area contributed by atoms with Crippen molar-refractivity contribution >= 4 is 12.9 Å². The summed E-state index contributed by atoms with van der Waals surface area (Å²) in [6.07, 6.45) is 1.06. The van der Waals surface area contributed by atoms with Gasteiger partial charge in [-0.25, -0.2) is 0 Å². The normalized spacial score (nSPS) is 14.8. The Balaban J connectivity index is 3.38. The Bertz CT molecular complexity index is 114. The van der Waals surface area contributed by atoms with E-state index in [1.807, 2.05) is 0 Å². The van der Waals surface area contributed by atoms with Crippen LogP contribution in [0, 0.1) is 11.3 Å². The highest BCUT2D eigenvalue weighted by atomic mass is 32.1. The van der Waals surface area contributed by atoms with Crippen molar-refractivity contribution in [2.75, 3.05) is 6.54 Å². The van der Waals surface area contributed by atoms with Gasteiger partial charge in [0.2, 0.25) is 0 Å². The van der Waals surface area contributed by atoms with Crippen LogP contribution in [0.15, 0.2) is 0 Å². The highest BCUT2D eigenvalue weighted by molar-refractivity contribution is 7.74. The van der Waals surface area contributed by atoms with E-state index in [4.69, 9.17) is 0 Å². The van der Waals surface area contributed by atoms with Gasteiger partial charge in [0.1, 0.15) is 0 Å². The van der Waals surface area contributed by atoms with Crippen molar-refractivity contribution in [2.45, 2.75) is 34.1 Å². The molecule has 0 aromatic rings. The van der Waals surface area contributed by atoms with Crippen molar-refractivity contribution in [3.8, 4) is 0 Å². The van der Waals surface area contributed by atoms with Crippen LogP contribution in [0.3, 0.4) is 0 Å². The maximum absolute atomic E-state index is 4.41. The zero-order valence-corrected chi connectivity index (χ0v) is 9.15. The van der Waals surface area contributed by atoms with E-state index >= 15 is 0 Å². The van der Waals surface area contributed by atoms with Gasteiger partial charge < -0.3 is 0 Å². The lowest BCUT2D eigenvalue weighted by atomic mass is 9.80. The van der Waals surface area contributed by atoms with Gasteiger partial charge in [-0.2, -0.15) is 5.48 Å². The van der Waals surface area contributed by atoms with Crippen LogP contribution in [0.2, 0.25) is 0 Å². The standard InChI is InChI=1S/C8H19NO2S/c1-7(8(2,3)4)5-6-9-10-11-12/h7,9,12H,5-6H2,1-4H3. The SMILES string of the molecule is CC(CCNOOS)C(C)(C)C. The predicted octanol–water partition coefficient (Wildman–Crippen LogP) is 2.36. The Morgan fingerprint density at radius 2 is 2.00 bits per heavy atom. The Morgan fingerprint density at radius 1 is 1.42 bits per heavy atom. The molecule has 1 N–H and O–H groups in total. The van der Waals surface area contributed by atoms with Gasteiger partial charge >= 0.3 is 0 Å². The summed E-state index contributed by atoms with van der Waals surface area (Å²) in [6, 6.07) is 0. The molecule has 0 aliphatic rings. The number of thiol groups is 1. The van der Waals surface area contributed by atoms with Gasteiger partial charge in [0.25, 0.3) is 0 Å². The van der Waals surface area contributed by atoms with Crippen molar-refractivity contribution in [1.29, 1.82) is 0 Å². The monoisotopic (exact) mass is 193 g/mol. The van der Waals surface area contributed by atoms with Crippen LogP contribution < -0.4 is 5.48 Å². The number of hydrogen-bond donors (Lipinski definition) is 2. The van der Waals surface area contributed by atoms with Gasteiger partial charge in [0.15, 0.2) is 0 Å². The molecule has 0 saturated heterocycles. The molecule has 0 aliphatic heterocycles. The first kappa shape index (κ1) is 12.2. The fourth-order valence-corrected chi connectivity index (χ4v) is 0.829. The summed E-state index contributed by atoms with van der Waals surface area (Å²) < 4.78 is 4.09. The van der Waals surface area contributed by atoms with Crippen molar-refractivity contribution < 1.29 is 9.32 Å². The molecular weight excluding hydrogens is 174 g/mol. The topological polar surface area (TPSA) is 30.5 Å². The first-order valence-electron chi connectivity index (χ1n) is 4.18. The number of hydrogen-bond acceptors (Lipinski definition) is 4. The lowest BCUT2D eigenvalue weighted by Gasteiger charge is -2.26. The van der Waals surface area contributed by atoms with Crippen LogP contribution in [0.4, 0.5) is 0 Å². The summed E-state index contributed by atoms with van der Waals surface area (Å²) in [5.74, 6) is 0.647. The molecule has 0 bridgehead atoms. The Labute approximate surface area is 80.3 Å².